The van der Waals surface area contributed by atoms with Crippen LogP contribution in [0.3, 0.4) is 0 Å². The van der Waals surface area contributed by atoms with Crippen molar-refractivity contribution in [1.82, 2.24) is 10.2 Å². The van der Waals surface area contributed by atoms with Crippen molar-refractivity contribution in [2.24, 2.45) is 5.92 Å². The summed E-state index contributed by atoms with van der Waals surface area (Å²) in [6, 6.07) is 9.74. The Kier molecular flexibility index (Phi) is 7.14. The third-order valence-electron chi connectivity index (χ3n) is 5.90. The standard InChI is InChI=1S/C21H35N3O/c1-2-11-23-12-9-20(10-13-23)22-16-18-3-5-21(6-4-18)24-14-7-19(17-25)8-15-24/h3-6,19-20,22,25H,2,7-17H2,1H3. The molecule has 0 aromatic heterocycles. The molecule has 1 aromatic rings. The fraction of sp³-hybridized carbons (Fsp3) is 0.714. The predicted octanol–water partition coefficient (Wildman–Crippen LogP) is 2.86. The summed E-state index contributed by atoms with van der Waals surface area (Å²) in [6.45, 7) is 9.47. The van der Waals surface area contributed by atoms with Gasteiger partial charge in [-0.1, -0.05) is 19.1 Å². The summed E-state index contributed by atoms with van der Waals surface area (Å²) in [7, 11) is 0. The molecule has 2 saturated heterocycles. The van der Waals surface area contributed by atoms with Gasteiger partial charge in [0.25, 0.3) is 0 Å². The van der Waals surface area contributed by atoms with Crippen molar-refractivity contribution in [2.75, 3.05) is 44.2 Å². The van der Waals surface area contributed by atoms with E-state index < -0.39 is 0 Å². The molecule has 4 nitrogen and oxygen atoms in total. The number of piperidine rings is 2. The quantitative estimate of drug-likeness (QED) is 0.797. The molecule has 4 heteroatoms. The number of aliphatic hydroxyl groups is 1. The number of aliphatic hydroxyl groups excluding tert-OH is 1. The van der Waals surface area contributed by atoms with Crippen LogP contribution < -0.4 is 10.2 Å². The van der Waals surface area contributed by atoms with Crippen molar-refractivity contribution in [1.29, 1.82) is 0 Å². The molecule has 0 saturated carbocycles. The highest BCUT2D eigenvalue weighted by molar-refractivity contribution is 5.48. The number of benzene rings is 1. The molecule has 0 spiro atoms. The van der Waals surface area contributed by atoms with E-state index >= 15 is 0 Å². The molecular formula is C21H35N3O. The lowest BCUT2D eigenvalue weighted by atomic mass is 9.97. The highest BCUT2D eigenvalue weighted by Gasteiger charge is 2.19. The first kappa shape index (κ1) is 18.7. The molecule has 2 heterocycles. The van der Waals surface area contributed by atoms with Gasteiger partial charge in [0.1, 0.15) is 0 Å². The maximum atomic E-state index is 9.26. The maximum Gasteiger partial charge on any atom is 0.0460 e. The van der Waals surface area contributed by atoms with Gasteiger partial charge in [-0.2, -0.15) is 0 Å². The fourth-order valence-electron chi connectivity index (χ4n) is 4.14. The zero-order valence-corrected chi connectivity index (χ0v) is 15.8. The number of hydrogen-bond donors (Lipinski definition) is 2. The smallest absolute Gasteiger partial charge is 0.0460 e. The van der Waals surface area contributed by atoms with Crippen LogP contribution >= 0.6 is 0 Å². The zero-order valence-electron chi connectivity index (χ0n) is 15.8. The Balaban J connectivity index is 1.41. The van der Waals surface area contributed by atoms with Gasteiger partial charge in [0.15, 0.2) is 0 Å². The van der Waals surface area contributed by atoms with Crippen LogP contribution in [0, 0.1) is 5.92 Å². The summed E-state index contributed by atoms with van der Waals surface area (Å²) < 4.78 is 0. The van der Waals surface area contributed by atoms with Crippen LogP contribution in [0.25, 0.3) is 0 Å². The topological polar surface area (TPSA) is 38.7 Å². The molecule has 0 aliphatic carbocycles. The highest BCUT2D eigenvalue weighted by Crippen LogP contribution is 2.23. The van der Waals surface area contributed by atoms with Gasteiger partial charge in [-0.25, -0.2) is 0 Å². The van der Waals surface area contributed by atoms with E-state index in [9.17, 15) is 5.11 Å². The first-order valence-corrected chi connectivity index (χ1v) is 10.2. The summed E-state index contributed by atoms with van der Waals surface area (Å²) in [5, 5.41) is 13.0. The number of nitrogens with zero attached hydrogens (tertiary/aromatic N) is 2. The summed E-state index contributed by atoms with van der Waals surface area (Å²) in [4.78, 5) is 5.04. The lowest BCUT2D eigenvalue weighted by molar-refractivity contribution is 0.197. The van der Waals surface area contributed by atoms with Crippen molar-refractivity contribution in [3.63, 3.8) is 0 Å². The van der Waals surface area contributed by atoms with Crippen LogP contribution in [0.15, 0.2) is 24.3 Å². The van der Waals surface area contributed by atoms with E-state index in [2.05, 4.69) is 46.3 Å². The van der Waals surface area contributed by atoms with Crippen molar-refractivity contribution < 1.29 is 5.11 Å². The molecule has 3 rings (SSSR count). The second-order valence-electron chi connectivity index (χ2n) is 7.78. The first-order valence-electron chi connectivity index (χ1n) is 10.2. The van der Waals surface area contributed by atoms with Crippen LogP contribution in [0.5, 0.6) is 0 Å². The Morgan fingerprint density at radius 2 is 1.68 bits per heavy atom. The number of nitrogens with one attached hydrogen (secondary N) is 1. The first-order chi connectivity index (χ1) is 12.3. The van der Waals surface area contributed by atoms with E-state index in [1.54, 1.807) is 0 Å². The second-order valence-corrected chi connectivity index (χ2v) is 7.78. The molecule has 0 radical (unpaired) electrons. The van der Waals surface area contributed by atoms with Gasteiger partial charge in [-0.05, 0) is 75.4 Å². The van der Waals surface area contributed by atoms with Crippen LogP contribution in [0.1, 0.15) is 44.6 Å². The zero-order chi connectivity index (χ0) is 17.5. The molecule has 0 amide bonds. The average molecular weight is 346 g/mol. The summed E-state index contributed by atoms with van der Waals surface area (Å²) in [6.07, 6.45) is 6.03. The van der Waals surface area contributed by atoms with Gasteiger partial charge < -0.3 is 20.2 Å². The lowest BCUT2D eigenvalue weighted by Gasteiger charge is -2.33. The Bertz CT molecular complexity index is 488. The number of rotatable bonds is 7. The van der Waals surface area contributed by atoms with Crippen LogP contribution in [0.2, 0.25) is 0 Å². The van der Waals surface area contributed by atoms with Gasteiger partial charge in [0, 0.05) is 38.0 Å². The summed E-state index contributed by atoms with van der Waals surface area (Å²) in [5.74, 6) is 0.503. The van der Waals surface area contributed by atoms with Crippen LogP contribution in [-0.2, 0) is 6.54 Å². The molecule has 0 atom stereocenters. The highest BCUT2D eigenvalue weighted by atomic mass is 16.3. The Morgan fingerprint density at radius 3 is 2.28 bits per heavy atom. The van der Waals surface area contributed by atoms with Crippen molar-refractivity contribution in [3.05, 3.63) is 29.8 Å². The Morgan fingerprint density at radius 1 is 1.00 bits per heavy atom. The largest absolute Gasteiger partial charge is 0.396 e. The lowest BCUT2D eigenvalue weighted by Crippen LogP contribution is -2.42. The molecule has 2 aliphatic heterocycles. The number of anilines is 1. The van der Waals surface area contributed by atoms with Gasteiger partial charge in [-0.15, -0.1) is 0 Å². The molecule has 0 bridgehead atoms. The number of likely N-dealkylation sites (tertiary alicyclic amines) is 1. The van der Waals surface area contributed by atoms with Crippen molar-refractivity contribution in [2.45, 2.75) is 51.6 Å². The molecule has 2 N–H and O–H groups in total. The van der Waals surface area contributed by atoms with Crippen LogP contribution in [0.4, 0.5) is 5.69 Å². The Labute approximate surface area is 153 Å². The molecule has 140 valence electrons. The van der Waals surface area contributed by atoms with Gasteiger partial charge >= 0.3 is 0 Å². The van der Waals surface area contributed by atoms with Gasteiger partial charge in [0.05, 0.1) is 0 Å². The van der Waals surface area contributed by atoms with E-state index in [0.717, 1.165) is 32.5 Å². The SMILES string of the molecule is CCCN1CCC(NCc2ccc(N3CCC(CO)CC3)cc2)CC1. The summed E-state index contributed by atoms with van der Waals surface area (Å²) in [5.41, 5.74) is 2.71. The van der Waals surface area contributed by atoms with E-state index in [-0.39, 0.29) is 0 Å². The second kappa shape index (κ2) is 9.56. The third-order valence-corrected chi connectivity index (χ3v) is 5.90. The molecule has 25 heavy (non-hydrogen) atoms. The maximum absolute atomic E-state index is 9.26. The normalized spacial score (nSPS) is 21.0. The van der Waals surface area contributed by atoms with E-state index in [1.165, 1.54) is 50.1 Å². The molecule has 0 unspecified atom stereocenters. The average Bonchev–Trinajstić information content (AvgIpc) is 2.68. The van der Waals surface area contributed by atoms with Gasteiger partial charge in [-0.3, -0.25) is 0 Å². The Hall–Kier alpha value is -1.10. The fourth-order valence-corrected chi connectivity index (χ4v) is 4.14. The van der Waals surface area contributed by atoms with Crippen molar-refractivity contribution >= 4 is 5.69 Å². The minimum Gasteiger partial charge on any atom is -0.396 e. The number of hydrogen-bond acceptors (Lipinski definition) is 4. The van der Waals surface area contributed by atoms with Gasteiger partial charge in [0.2, 0.25) is 0 Å². The molecule has 2 aliphatic rings. The minimum absolute atomic E-state index is 0.343. The molecule has 1 aromatic carbocycles. The van der Waals surface area contributed by atoms with E-state index in [0.29, 0.717) is 18.6 Å². The van der Waals surface area contributed by atoms with Crippen LogP contribution in [-0.4, -0.2) is 55.4 Å². The van der Waals surface area contributed by atoms with Crippen molar-refractivity contribution in [3.8, 4) is 0 Å². The van der Waals surface area contributed by atoms with E-state index in [1.807, 2.05) is 0 Å². The monoisotopic (exact) mass is 345 g/mol. The predicted molar refractivity (Wildman–Crippen MR) is 105 cm³/mol. The molecular weight excluding hydrogens is 310 g/mol. The minimum atomic E-state index is 0.343. The molecule has 2 fully saturated rings. The third kappa shape index (κ3) is 5.44. The summed E-state index contributed by atoms with van der Waals surface area (Å²) >= 11 is 0. The van der Waals surface area contributed by atoms with E-state index in [4.69, 9.17) is 0 Å².